The van der Waals surface area contributed by atoms with E-state index in [-0.39, 0.29) is 34.5 Å². The van der Waals surface area contributed by atoms with Crippen LogP contribution in [0.3, 0.4) is 0 Å². The van der Waals surface area contributed by atoms with Crippen molar-refractivity contribution in [3.8, 4) is 0 Å². The van der Waals surface area contributed by atoms with Crippen LogP contribution in [-0.4, -0.2) is 18.1 Å². The largest absolute Gasteiger partial charge is 1.00 e. The van der Waals surface area contributed by atoms with Crippen molar-refractivity contribution in [3.63, 3.8) is 0 Å². The summed E-state index contributed by atoms with van der Waals surface area (Å²) in [5, 5.41) is 18.9. The van der Waals surface area contributed by atoms with Crippen LogP contribution in [-0.2, 0) is 15.7 Å². The Balaban J connectivity index is 0.00000387. The number of aliphatic hydroxyl groups is 1. The molecule has 7 nitrogen and oxygen atoms in total. The van der Waals surface area contributed by atoms with Gasteiger partial charge in [-0.25, -0.2) is 8.42 Å². The Labute approximate surface area is 262 Å². The number of hydrogen-bond acceptors (Lipinski definition) is 7. The van der Waals surface area contributed by atoms with E-state index in [2.05, 4.69) is 10.6 Å². The molecule has 5 aromatic rings. The molecule has 0 radical (unpaired) electrons. The van der Waals surface area contributed by atoms with Gasteiger partial charge in [0.05, 0.1) is 4.90 Å². The van der Waals surface area contributed by atoms with Crippen molar-refractivity contribution in [2.24, 2.45) is 0 Å². The van der Waals surface area contributed by atoms with Gasteiger partial charge in [0.1, 0.15) is 15.7 Å². The quantitative estimate of drug-likeness (QED) is 0.0971. The van der Waals surface area contributed by atoms with Gasteiger partial charge in [-0.3, -0.25) is 0 Å². The molecule has 5 aromatic carbocycles. The topological polar surface area (TPSA) is 128 Å². The molecular weight excluding hydrogens is 545 g/mol. The number of nitrogen functional groups attached to an aromatic ring is 1. The van der Waals surface area contributed by atoms with Gasteiger partial charge in [0.25, 0.3) is 0 Å². The summed E-state index contributed by atoms with van der Waals surface area (Å²) in [5.41, 5.74) is 11.3. The van der Waals surface area contributed by atoms with Crippen molar-refractivity contribution in [2.75, 3.05) is 16.4 Å². The molecule has 202 valence electrons. The number of aryl methyl sites for hydroxylation is 1. The fourth-order valence-corrected chi connectivity index (χ4v) is 5.02. The second-order valence-electron chi connectivity index (χ2n) is 9.53. The van der Waals surface area contributed by atoms with Gasteiger partial charge in [-0.2, -0.15) is 0 Å². The van der Waals surface area contributed by atoms with Crippen LogP contribution in [0.2, 0.25) is 0 Å². The molecule has 41 heavy (non-hydrogen) atoms. The van der Waals surface area contributed by atoms with E-state index in [0.717, 1.165) is 22.6 Å². The molecule has 1 unspecified atom stereocenters. The molecule has 0 fully saturated rings. The third-order valence-corrected chi connectivity index (χ3v) is 7.64. The van der Waals surface area contributed by atoms with Crippen LogP contribution in [0.5, 0.6) is 0 Å². The average molecular weight is 574 g/mol. The predicted molar refractivity (Wildman–Crippen MR) is 158 cm³/mol. The third kappa shape index (κ3) is 6.82. The molecule has 0 bridgehead atoms. The average Bonchev–Trinajstić information content (AvgIpc) is 2.95. The molecular formula is C32H28N3NaO4S. The van der Waals surface area contributed by atoms with Gasteiger partial charge < -0.3 is 26.0 Å². The van der Waals surface area contributed by atoms with Crippen molar-refractivity contribution in [1.82, 2.24) is 0 Å². The SMILES string of the molecule is Cc1cc(C(O)(c2ccc(Nc3ccccc3)cc2)c2ccc(Nc3ccc(S(=O)(=O)[O-])cc3)cc2)ccc1N.[Na+]. The predicted octanol–water partition coefficient (Wildman–Crippen LogP) is 3.26. The number of para-hydroxylation sites is 1. The summed E-state index contributed by atoms with van der Waals surface area (Å²) in [6, 6.07) is 35.9. The zero-order chi connectivity index (χ0) is 28.3. The van der Waals surface area contributed by atoms with Crippen LogP contribution in [0.1, 0.15) is 22.3 Å². The molecule has 0 aliphatic rings. The van der Waals surface area contributed by atoms with E-state index in [1.807, 2.05) is 97.9 Å². The second kappa shape index (κ2) is 12.5. The van der Waals surface area contributed by atoms with E-state index >= 15 is 0 Å². The Morgan fingerprint density at radius 1 is 0.659 bits per heavy atom. The summed E-state index contributed by atoms with van der Waals surface area (Å²) < 4.78 is 33.6. The van der Waals surface area contributed by atoms with Crippen LogP contribution >= 0.6 is 0 Å². The summed E-state index contributed by atoms with van der Waals surface area (Å²) in [6.45, 7) is 1.91. The van der Waals surface area contributed by atoms with Gasteiger partial charge in [0.2, 0.25) is 0 Å². The normalized spacial score (nSPS) is 12.6. The zero-order valence-corrected chi connectivity index (χ0v) is 25.5. The summed E-state index contributed by atoms with van der Waals surface area (Å²) in [7, 11) is -4.51. The Morgan fingerprint density at radius 3 is 1.51 bits per heavy atom. The molecule has 0 saturated heterocycles. The maximum Gasteiger partial charge on any atom is 1.00 e. The molecule has 0 aliphatic carbocycles. The molecule has 0 heterocycles. The molecule has 9 heteroatoms. The molecule has 0 amide bonds. The van der Waals surface area contributed by atoms with E-state index < -0.39 is 15.7 Å². The summed E-state index contributed by atoms with van der Waals surface area (Å²) >= 11 is 0. The Morgan fingerprint density at radius 2 is 1.07 bits per heavy atom. The first kappa shape index (κ1) is 30.3. The van der Waals surface area contributed by atoms with E-state index in [1.54, 1.807) is 6.07 Å². The van der Waals surface area contributed by atoms with Crippen molar-refractivity contribution in [1.29, 1.82) is 0 Å². The first-order chi connectivity index (χ1) is 19.1. The minimum atomic E-state index is -4.51. The first-order valence-corrected chi connectivity index (χ1v) is 14.0. The van der Waals surface area contributed by atoms with E-state index in [0.29, 0.717) is 28.1 Å². The minimum Gasteiger partial charge on any atom is -0.744 e. The van der Waals surface area contributed by atoms with Gasteiger partial charge >= 0.3 is 29.6 Å². The fraction of sp³-hybridized carbons (Fsp3) is 0.0625. The van der Waals surface area contributed by atoms with Crippen LogP contribution in [0.15, 0.2) is 126 Å². The van der Waals surface area contributed by atoms with Crippen molar-refractivity contribution < 1.29 is 47.6 Å². The number of nitrogens with one attached hydrogen (secondary N) is 2. The molecule has 0 saturated carbocycles. The van der Waals surface area contributed by atoms with E-state index in [4.69, 9.17) is 5.73 Å². The Bertz CT molecular complexity index is 1730. The fourth-order valence-electron chi connectivity index (χ4n) is 4.55. The molecule has 5 N–H and O–H groups in total. The van der Waals surface area contributed by atoms with E-state index in [9.17, 15) is 18.1 Å². The maximum atomic E-state index is 12.3. The number of anilines is 5. The number of rotatable bonds is 8. The Kier molecular flexibility index (Phi) is 9.24. The second-order valence-corrected chi connectivity index (χ2v) is 10.9. The van der Waals surface area contributed by atoms with Gasteiger partial charge in [-0.15, -0.1) is 0 Å². The van der Waals surface area contributed by atoms with Gasteiger partial charge in [-0.05, 0) is 95.9 Å². The van der Waals surface area contributed by atoms with Gasteiger partial charge in [0.15, 0.2) is 0 Å². The van der Waals surface area contributed by atoms with Crippen LogP contribution in [0.4, 0.5) is 28.4 Å². The Hall–Kier alpha value is -3.63. The summed E-state index contributed by atoms with van der Waals surface area (Å²) in [6.07, 6.45) is 0. The van der Waals surface area contributed by atoms with E-state index in [1.165, 1.54) is 24.3 Å². The standard InChI is InChI=1S/C32H29N3O4S.Na/c1-22-21-25(11-20-31(22)33)32(36,23-7-12-27(13-8-23)34-26-5-3-2-4-6-26)24-9-14-28(15-10-24)35-29-16-18-30(19-17-29)40(37,38)39;/h2-21,34-36H,33H2,1H3,(H,37,38,39);/q;+1/p-1. The van der Waals surface area contributed by atoms with Crippen LogP contribution in [0.25, 0.3) is 0 Å². The monoisotopic (exact) mass is 573 g/mol. The zero-order valence-electron chi connectivity index (χ0n) is 22.7. The van der Waals surface area contributed by atoms with Crippen molar-refractivity contribution in [2.45, 2.75) is 17.4 Å². The summed E-state index contributed by atoms with van der Waals surface area (Å²) in [4.78, 5) is -0.290. The molecule has 5 rings (SSSR count). The van der Waals surface area contributed by atoms with Gasteiger partial charge in [0, 0.05) is 28.4 Å². The van der Waals surface area contributed by atoms with Gasteiger partial charge in [-0.1, -0.05) is 54.6 Å². The minimum absolute atomic E-state index is 0. The number of benzene rings is 5. The number of nitrogens with two attached hydrogens (primary N) is 1. The smallest absolute Gasteiger partial charge is 0.744 e. The number of hydrogen-bond donors (Lipinski definition) is 4. The first-order valence-electron chi connectivity index (χ1n) is 12.6. The molecule has 1 atom stereocenters. The molecule has 0 aliphatic heterocycles. The van der Waals surface area contributed by atoms with Crippen LogP contribution < -0.4 is 45.9 Å². The van der Waals surface area contributed by atoms with Crippen LogP contribution in [0, 0.1) is 6.92 Å². The van der Waals surface area contributed by atoms with Crippen molar-refractivity contribution in [3.05, 3.63) is 144 Å². The maximum absolute atomic E-state index is 12.3. The third-order valence-electron chi connectivity index (χ3n) is 6.79. The van der Waals surface area contributed by atoms with Crippen molar-refractivity contribution >= 4 is 38.6 Å². The summed E-state index contributed by atoms with van der Waals surface area (Å²) in [5.74, 6) is 0. The molecule has 0 spiro atoms. The molecule has 0 aromatic heterocycles.